The van der Waals surface area contributed by atoms with Gasteiger partial charge >= 0.3 is 17.9 Å². The number of carbonyl (C=O) groups excluding carboxylic acids is 3. The van der Waals surface area contributed by atoms with E-state index in [1.807, 2.05) is 6.08 Å². The molecular weight excluding hydrogens is 901 g/mol. The van der Waals surface area contributed by atoms with Crippen LogP contribution in [-0.2, 0) is 28.6 Å². The smallest absolute Gasteiger partial charge is 0.306 e. The van der Waals surface area contributed by atoms with Crippen molar-refractivity contribution in [2.75, 3.05) is 13.2 Å². The van der Waals surface area contributed by atoms with Gasteiger partial charge in [0, 0.05) is 19.3 Å². The van der Waals surface area contributed by atoms with Gasteiger partial charge in [-0.3, -0.25) is 14.4 Å². The van der Waals surface area contributed by atoms with E-state index in [-0.39, 0.29) is 37.5 Å². The lowest BCUT2D eigenvalue weighted by Gasteiger charge is -2.18. The molecule has 0 aliphatic carbocycles. The summed E-state index contributed by atoms with van der Waals surface area (Å²) in [7, 11) is 0. The Labute approximate surface area is 454 Å². The molecule has 426 valence electrons. The first kappa shape index (κ1) is 70.4. The van der Waals surface area contributed by atoms with Gasteiger partial charge in [0.2, 0.25) is 0 Å². The normalized spacial score (nSPS) is 12.3. The second-order valence-electron chi connectivity index (χ2n) is 21.7. The van der Waals surface area contributed by atoms with Gasteiger partial charge in [0.25, 0.3) is 0 Å². The summed E-state index contributed by atoms with van der Waals surface area (Å²) in [5.74, 6) is -0.952. The van der Waals surface area contributed by atoms with E-state index in [0.717, 1.165) is 64.2 Å². The minimum absolute atomic E-state index is 0.0900. The highest BCUT2D eigenvalue weighted by Gasteiger charge is 2.19. The maximum Gasteiger partial charge on any atom is 0.306 e. The Kier molecular flexibility index (Phi) is 59.7. The van der Waals surface area contributed by atoms with Crippen LogP contribution in [0.4, 0.5) is 0 Å². The first-order chi connectivity index (χ1) is 36.0. The van der Waals surface area contributed by atoms with Gasteiger partial charge in [-0.15, -0.1) is 0 Å². The maximum absolute atomic E-state index is 12.9. The molecule has 73 heavy (non-hydrogen) atoms. The van der Waals surface area contributed by atoms with Gasteiger partial charge in [-0.2, -0.15) is 0 Å². The number of carbonyl (C=O) groups is 3. The summed E-state index contributed by atoms with van der Waals surface area (Å²) in [5, 5.41) is 0. The lowest BCUT2D eigenvalue weighted by molar-refractivity contribution is -0.166. The average Bonchev–Trinajstić information content (AvgIpc) is 3.39. The summed E-state index contributed by atoms with van der Waals surface area (Å²) in [6.45, 7) is 6.52. The Bertz CT molecular complexity index is 1270. The Morgan fingerprint density at radius 2 is 0.534 bits per heavy atom. The second kappa shape index (κ2) is 61.9. The molecule has 1 unspecified atom stereocenters. The molecule has 1 atom stereocenters. The molecule has 6 nitrogen and oxygen atoms in total. The Hall–Kier alpha value is -2.63. The average molecular weight is 1020 g/mol. The van der Waals surface area contributed by atoms with E-state index < -0.39 is 6.10 Å². The van der Waals surface area contributed by atoms with E-state index in [0.29, 0.717) is 19.3 Å². The fourth-order valence-corrected chi connectivity index (χ4v) is 9.58. The summed E-state index contributed by atoms with van der Waals surface area (Å²) in [4.78, 5) is 38.2. The third-order valence-corrected chi connectivity index (χ3v) is 14.4. The number of allylic oxidation sites excluding steroid dienone is 8. The first-order valence-electron chi connectivity index (χ1n) is 32.1. The molecule has 0 N–H and O–H groups in total. The molecule has 0 amide bonds. The molecule has 0 rings (SSSR count). The lowest BCUT2D eigenvalue weighted by Crippen LogP contribution is -2.30. The van der Waals surface area contributed by atoms with Crippen molar-refractivity contribution in [3.05, 3.63) is 48.6 Å². The minimum Gasteiger partial charge on any atom is -0.462 e. The number of rotatable bonds is 59. The van der Waals surface area contributed by atoms with Gasteiger partial charge in [-0.05, 0) is 44.9 Å². The van der Waals surface area contributed by atoms with Gasteiger partial charge in [-0.1, -0.05) is 326 Å². The zero-order chi connectivity index (χ0) is 52.9. The van der Waals surface area contributed by atoms with Crippen LogP contribution in [0.1, 0.15) is 342 Å². The molecule has 0 aliphatic heterocycles. The molecule has 0 aliphatic rings. The molecule has 0 radical (unpaired) electrons. The van der Waals surface area contributed by atoms with Crippen molar-refractivity contribution in [2.45, 2.75) is 348 Å². The first-order valence-corrected chi connectivity index (χ1v) is 32.1. The molecule has 0 aromatic rings. The standard InChI is InChI=1S/C67H122O6/c1-4-7-10-13-16-19-22-25-27-29-31-32-33-34-36-37-39-42-45-48-51-54-57-60-66(69)72-63-64(62-71-65(68)59-56-53-50-47-44-41-24-21-18-15-12-9-6-3)73-67(70)61-58-55-52-49-46-43-40-38-35-30-28-26-23-20-17-14-11-8-5-2/h9,12,18,21,41,44,50,53,64H,4-8,10-11,13-17,19-20,22-40,42-43,45-49,51-52,54-63H2,1-3H3/b12-9-,21-18-,44-41-,53-50-. The van der Waals surface area contributed by atoms with Gasteiger partial charge in [-0.25, -0.2) is 0 Å². The van der Waals surface area contributed by atoms with E-state index in [2.05, 4.69) is 63.3 Å². The number of esters is 3. The number of unbranched alkanes of at least 4 members (excludes halogenated alkanes) is 40. The van der Waals surface area contributed by atoms with Crippen molar-refractivity contribution in [3.63, 3.8) is 0 Å². The SMILES string of the molecule is CC/C=C\C/C=C\C/C=C\C/C=C\CCC(=O)OCC(COC(=O)CCCCCCCCCCCCCCCCCCCCCCCCC)OC(=O)CCCCCCCCCCCCCCCCCCCCC. The Morgan fingerprint density at radius 1 is 0.288 bits per heavy atom. The molecule has 0 bridgehead atoms. The summed E-state index contributed by atoms with van der Waals surface area (Å²) in [5.41, 5.74) is 0. The quantitative estimate of drug-likeness (QED) is 0.0261. The molecule has 0 aromatic heterocycles. The lowest BCUT2D eigenvalue weighted by atomic mass is 10.0. The molecule has 0 aromatic carbocycles. The van der Waals surface area contributed by atoms with Crippen LogP contribution in [0.3, 0.4) is 0 Å². The molecule has 0 heterocycles. The highest BCUT2D eigenvalue weighted by molar-refractivity contribution is 5.71. The zero-order valence-corrected chi connectivity index (χ0v) is 48.9. The van der Waals surface area contributed by atoms with Crippen LogP contribution in [-0.4, -0.2) is 37.2 Å². The topological polar surface area (TPSA) is 78.9 Å². The van der Waals surface area contributed by atoms with Crippen LogP contribution in [0.5, 0.6) is 0 Å². The fraction of sp³-hybridized carbons (Fsp3) is 0.836. The summed E-state index contributed by atoms with van der Waals surface area (Å²) in [6, 6.07) is 0. The molecule has 0 spiro atoms. The van der Waals surface area contributed by atoms with E-state index in [1.54, 1.807) is 0 Å². The zero-order valence-electron chi connectivity index (χ0n) is 48.9. The van der Waals surface area contributed by atoms with Crippen molar-refractivity contribution in [3.8, 4) is 0 Å². The van der Waals surface area contributed by atoms with Gasteiger partial charge in [0.05, 0.1) is 0 Å². The molecular formula is C67H122O6. The maximum atomic E-state index is 12.9. The molecule has 0 saturated heterocycles. The van der Waals surface area contributed by atoms with Gasteiger partial charge in [0.15, 0.2) is 6.10 Å². The Balaban J connectivity index is 4.29. The fourth-order valence-electron chi connectivity index (χ4n) is 9.58. The predicted molar refractivity (Wildman–Crippen MR) is 316 cm³/mol. The van der Waals surface area contributed by atoms with Crippen LogP contribution < -0.4 is 0 Å². The molecule has 6 heteroatoms. The summed E-state index contributed by atoms with van der Waals surface area (Å²) >= 11 is 0. The number of hydrogen-bond donors (Lipinski definition) is 0. The highest BCUT2D eigenvalue weighted by atomic mass is 16.6. The van der Waals surface area contributed by atoms with E-state index in [9.17, 15) is 14.4 Å². The van der Waals surface area contributed by atoms with Crippen molar-refractivity contribution in [1.82, 2.24) is 0 Å². The van der Waals surface area contributed by atoms with Crippen molar-refractivity contribution >= 4 is 17.9 Å². The largest absolute Gasteiger partial charge is 0.462 e. The van der Waals surface area contributed by atoms with Crippen LogP contribution in [0.15, 0.2) is 48.6 Å². The predicted octanol–water partition coefficient (Wildman–Crippen LogP) is 21.8. The van der Waals surface area contributed by atoms with Crippen LogP contribution in [0.2, 0.25) is 0 Å². The van der Waals surface area contributed by atoms with Gasteiger partial charge < -0.3 is 14.2 Å². The monoisotopic (exact) mass is 1020 g/mol. The number of hydrogen-bond acceptors (Lipinski definition) is 6. The third-order valence-electron chi connectivity index (χ3n) is 14.4. The van der Waals surface area contributed by atoms with Crippen LogP contribution in [0.25, 0.3) is 0 Å². The van der Waals surface area contributed by atoms with E-state index in [4.69, 9.17) is 14.2 Å². The van der Waals surface area contributed by atoms with Crippen molar-refractivity contribution in [2.24, 2.45) is 0 Å². The van der Waals surface area contributed by atoms with E-state index >= 15 is 0 Å². The van der Waals surface area contributed by atoms with Crippen LogP contribution >= 0.6 is 0 Å². The molecule has 0 fully saturated rings. The summed E-state index contributed by atoms with van der Waals surface area (Å²) < 4.78 is 16.9. The van der Waals surface area contributed by atoms with Gasteiger partial charge in [0.1, 0.15) is 13.2 Å². The van der Waals surface area contributed by atoms with Crippen LogP contribution in [0, 0.1) is 0 Å². The van der Waals surface area contributed by atoms with E-state index in [1.165, 1.54) is 231 Å². The Morgan fingerprint density at radius 3 is 0.836 bits per heavy atom. The third kappa shape index (κ3) is 60.1. The minimum atomic E-state index is -0.799. The van der Waals surface area contributed by atoms with Crippen molar-refractivity contribution in [1.29, 1.82) is 0 Å². The summed E-state index contributed by atoms with van der Waals surface area (Å²) in [6.07, 6.45) is 77.2. The van der Waals surface area contributed by atoms with Crippen molar-refractivity contribution < 1.29 is 28.6 Å². The second-order valence-corrected chi connectivity index (χ2v) is 21.7. The highest BCUT2D eigenvalue weighted by Crippen LogP contribution is 2.18. The molecule has 0 saturated carbocycles. The number of ether oxygens (including phenoxy) is 3.